The molecular weight excluding hydrogens is 404 g/mol. The van der Waals surface area contributed by atoms with Gasteiger partial charge in [0.15, 0.2) is 0 Å². The molecule has 8 heteroatoms. The van der Waals surface area contributed by atoms with Crippen LogP contribution in [0.2, 0.25) is 0 Å². The van der Waals surface area contributed by atoms with Crippen LogP contribution in [0.1, 0.15) is 11.4 Å². The SMILES string of the molecule is COc1cc(Br)c(Oc2nc(C)cc(C(=N)N)n2)cc1Br. The van der Waals surface area contributed by atoms with Gasteiger partial charge in [-0.1, -0.05) is 0 Å². The Morgan fingerprint density at radius 3 is 2.38 bits per heavy atom. The first-order valence-corrected chi connectivity index (χ1v) is 7.40. The zero-order valence-corrected chi connectivity index (χ0v) is 14.4. The van der Waals surface area contributed by atoms with Crippen molar-refractivity contribution in [3.8, 4) is 17.5 Å². The lowest BCUT2D eigenvalue weighted by molar-refractivity contribution is 0.406. The summed E-state index contributed by atoms with van der Waals surface area (Å²) in [6.07, 6.45) is 0. The van der Waals surface area contributed by atoms with E-state index in [1.165, 1.54) is 0 Å². The van der Waals surface area contributed by atoms with Crippen LogP contribution in [0.15, 0.2) is 27.1 Å². The average molecular weight is 416 g/mol. The summed E-state index contributed by atoms with van der Waals surface area (Å²) in [4.78, 5) is 8.26. The first-order valence-electron chi connectivity index (χ1n) is 5.81. The molecule has 0 fully saturated rings. The van der Waals surface area contributed by atoms with Gasteiger partial charge in [-0.25, -0.2) is 4.98 Å². The first kappa shape index (κ1) is 15.7. The molecule has 0 aliphatic carbocycles. The lowest BCUT2D eigenvalue weighted by Crippen LogP contribution is -2.14. The summed E-state index contributed by atoms with van der Waals surface area (Å²) in [6, 6.07) is 5.25. The Morgan fingerprint density at radius 2 is 1.76 bits per heavy atom. The lowest BCUT2D eigenvalue weighted by atomic mass is 10.3. The topological polar surface area (TPSA) is 94.1 Å². The highest BCUT2D eigenvalue weighted by Crippen LogP contribution is 2.37. The molecule has 6 nitrogen and oxygen atoms in total. The van der Waals surface area contributed by atoms with Crippen molar-refractivity contribution < 1.29 is 9.47 Å². The number of benzene rings is 1. The lowest BCUT2D eigenvalue weighted by Gasteiger charge is -2.10. The molecule has 2 aromatic rings. The highest BCUT2D eigenvalue weighted by atomic mass is 79.9. The molecule has 0 unspecified atom stereocenters. The van der Waals surface area contributed by atoms with Gasteiger partial charge in [-0.2, -0.15) is 4.98 Å². The van der Waals surface area contributed by atoms with Crippen molar-refractivity contribution in [2.75, 3.05) is 7.11 Å². The second-order valence-corrected chi connectivity index (χ2v) is 5.82. The van der Waals surface area contributed by atoms with Crippen molar-refractivity contribution in [3.63, 3.8) is 0 Å². The number of halogens is 2. The molecule has 0 aliphatic rings. The van der Waals surface area contributed by atoms with E-state index in [1.54, 1.807) is 32.2 Å². The number of nitrogen functional groups attached to an aromatic ring is 1. The van der Waals surface area contributed by atoms with Crippen molar-refractivity contribution in [1.29, 1.82) is 5.41 Å². The summed E-state index contributed by atoms with van der Waals surface area (Å²) in [5.74, 6) is 1.05. The first-order chi connectivity index (χ1) is 9.90. The number of nitrogens with one attached hydrogen (secondary N) is 1. The quantitative estimate of drug-likeness (QED) is 0.589. The number of nitrogens with zero attached hydrogens (tertiary/aromatic N) is 2. The van der Waals surface area contributed by atoms with Gasteiger partial charge in [0.2, 0.25) is 0 Å². The van der Waals surface area contributed by atoms with E-state index in [9.17, 15) is 0 Å². The van der Waals surface area contributed by atoms with Crippen LogP contribution in [0.3, 0.4) is 0 Å². The van der Waals surface area contributed by atoms with Gasteiger partial charge in [0.1, 0.15) is 23.0 Å². The Hall–Kier alpha value is -1.67. The number of methoxy groups -OCH3 is 1. The average Bonchev–Trinajstić information content (AvgIpc) is 2.41. The van der Waals surface area contributed by atoms with Crippen LogP contribution in [0, 0.1) is 12.3 Å². The normalized spacial score (nSPS) is 10.3. The Balaban J connectivity index is 2.38. The summed E-state index contributed by atoms with van der Waals surface area (Å²) >= 11 is 6.78. The van der Waals surface area contributed by atoms with E-state index in [0.717, 1.165) is 4.47 Å². The minimum atomic E-state index is -0.139. The molecule has 0 radical (unpaired) electrons. The predicted octanol–water partition coefficient (Wildman–Crippen LogP) is 3.39. The maximum Gasteiger partial charge on any atom is 0.322 e. The monoisotopic (exact) mass is 414 g/mol. The fourth-order valence-corrected chi connectivity index (χ4v) is 2.46. The largest absolute Gasteiger partial charge is 0.496 e. The van der Waals surface area contributed by atoms with Gasteiger partial charge in [-0.3, -0.25) is 5.41 Å². The molecule has 1 aromatic carbocycles. The summed E-state index contributed by atoms with van der Waals surface area (Å²) in [6.45, 7) is 1.78. The molecule has 110 valence electrons. The van der Waals surface area contributed by atoms with Crippen LogP contribution in [-0.2, 0) is 0 Å². The molecule has 0 amide bonds. The van der Waals surface area contributed by atoms with Crippen LogP contribution < -0.4 is 15.2 Å². The zero-order valence-electron chi connectivity index (χ0n) is 11.3. The maximum atomic E-state index is 7.44. The molecule has 0 saturated heterocycles. The minimum absolute atomic E-state index is 0.123. The summed E-state index contributed by atoms with van der Waals surface area (Å²) in [5.41, 5.74) is 6.42. The van der Waals surface area contributed by atoms with Gasteiger partial charge in [0, 0.05) is 11.8 Å². The highest BCUT2D eigenvalue weighted by Gasteiger charge is 2.12. The third kappa shape index (κ3) is 3.70. The molecule has 0 bridgehead atoms. The Labute approximate surface area is 138 Å². The third-order valence-electron chi connectivity index (χ3n) is 2.52. The number of aromatic nitrogens is 2. The van der Waals surface area contributed by atoms with Gasteiger partial charge < -0.3 is 15.2 Å². The fraction of sp³-hybridized carbons (Fsp3) is 0.154. The Kier molecular flexibility index (Phi) is 4.79. The molecule has 0 saturated carbocycles. The third-order valence-corrected chi connectivity index (χ3v) is 3.76. The van der Waals surface area contributed by atoms with Gasteiger partial charge in [0.25, 0.3) is 0 Å². The highest BCUT2D eigenvalue weighted by molar-refractivity contribution is 9.11. The van der Waals surface area contributed by atoms with E-state index in [4.69, 9.17) is 20.6 Å². The van der Waals surface area contributed by atoms with Gasteiger partial charge in [-0.15, -0.1) is 0 Å². The number of nitrogens with two attached hydrogens (primary N) is 1. The zero-order chi connectivity index (χ0) is 15.6. The second kappa shape index (κ2) is 6.40. The second-order valence-electron chi connectivity index (χ2n) is 4.11. The van der Waals surface area contributed by atoms with Gasteiger partial charge in [-0.05, 0) is 50.9 Å². The number of aryl methyl sites for hydroxylation is 1. The van der Waals surface area contributed by atoms with Crippen LogP contribution in [0.4, 0.5) is 0 Å². The van der Waals surface area contributed by atoms with E-state index >= 15 is 0 Å². The van der Waals surface area contributed by atoms with E-state index in [1.807, 2.05) is 0 Å². The molecule has 0 aliphatic heterocycles. The van der Waals surface area contributed by atoms with E-state index in [2.05, 4.69) is 41.8 Å². The van der Waals surface area contributed by atoms with Crippen LogP contribution in [0.25, 0.3) is 0 Å². The Bertz CT molecular complexity index is 707. The number of hydrogen-bond donors (Lipinski definition) is 2. The molecule has 2 rings (SSSR count). The molecule has 0 spiro atoms. The van der Waals surface area contributed by atoms with Crippen LogP contribution >= 0.6 is 31.9 Å². The van der Waals surface area contributed by atoms with Crippen molar-refractivity contribution in [2.45, 2.75) is 6.92 Å². The van der Waals surface area contributed by atoms with Gasteiger partial charge in [0.05, 0.1) is 16.1 Å². The van der Waals surface area contributed by atoms with Crippen LogP contribution in [0.5, 0.6) is 17.5 Å². The maximum absolute atomic E-state index is 7.44. The minimum Gasteiger partial charge on any atom is -0.496 e. The Morgan fingerprint density at radius 1 is 1.14 bits per heavy atom. The van der Waals surface area contributed by atoms with Crippen molar-refractivity contribution >= 4 is 37.7 Å². The summed E-state index contributed by atoms with van der Waals surface area (Å²) < 4.78 is 12.3. The fourth-order valence-electron chi connectivity index (χ4n) is 1.57. The number of ether oxygens (including phenoxy) is 2. The van der Waals surface area contributed by atoms with Crippen molar-refractivity contribution in [2.24, 2.45) is 5.73 Å². The molecule has 0 atom stereocenters. The molecule has 3 N–H and O–H groups in total. The number of rotatable bonds is 4. The summed E-state index contributed by atoms with van der Waals surface area (Å²) in [7, 11) is 1.58. The predicted molar refractivity (Wildman–Crippen MR) is 86.3 cm³/mol. The molecule has 1 heterocycles. The number of hydrogen-bond acceptors (Lipinski definition) is 5. The molecule has 1 aromatic heterocycles. The standard InChI is InChI=1S/C13H12Br2N4O2/c1-6-3-9(12(16)17)19-13(18-6)21-11-5-7(14)10(20-2)4-8(11)15/h3-5H,1-2H3,(H3,16,17). The van der Waals surface area contributed by atoms with Crippen molar-refractivity contribution in [3.05, 3.63) is 38.5 Å². The molecular formula is C13H12Br2N4O2. The van der Waals surface area contributed by atoms with E-state index in [-0.39, 0.29) is 11.8 Å². The van der Waals surface area contributed by atoms with Gasteiger partial charge >= 0.3 is 6.01 Å². The van der Waals surface area contributed by atoms with Crippen molar-refractivity contribution in [1.82, 2.24) is 9.97 Å². The van der Waals surface area contributed by atoms with E-state index in [0.29, 0.717) is 27.4 Å². The molecule has 21 heavy (non-hydrogen) atoms. The smallest absolute Gasteiger partial charge is 0.322 e. The summed E-state index contributed by atoms with van der Waals surface area (Å²) in [5, 5.41) is 7.44. The van der Waals surface area contributed by atoms with Crippen LogP contribution in [-0.4, -0.2) is 22.9 Å². The van der Waals surface area contributed by atoms with E-state index < -0.39 is 0 Å². The number of amidine groups is 1.